The molecular weight excluding hydrogens is 486 g/mol. The molecule has 0 aliphatic carbocycles. The number of hydrogen-bond donors (Lipinski definition) is 2. The van der Waals surface area contributed by atoms with Gasteiger partial charge in [0, 0.05) is 24.4 Å². The van der Waals surface area contributed by atoms with Gasteiger partial charge in [-0.25, -0.2) is 15.1 Å². The highest BCUT2D eigenvalue weighted by molar-refractivity contribution is 6.36. The Labute approximate surface area is 219 Å². The first-order chi connectivity index (χ1) is 18.5. The number of carbonyl (C=O) groups excluding carboxylic acids is 3. The minimum absolute atomic E-state index is 0.209. The van der Waals surface area contributed by atoms with E-state index in [0.717, 1.165) is 11.3 Å². The zero-order chi connectivity index (χ0) is 26.9. The third-order valence-electron chi connectivity index (χ3n) is 5.68. The monoisotopic (exact) mass is 513 g/mol. The number of amides is 2. The predicted molar refractivity (Wildman–Crippen MR) is 139 cm³/mol. The zero-order valence-electron chi connectivity index (χ0n) is 21.0. The molecule has 2 aromatic carbocycles. The number of nitrogens with zero attached hydrogens (tertiary/aromatic N) is 3. The average Bonchev–Trinajstić information content (AvgIpc) is 3.46. The number of aromatic nitrogens is 3. The maximum atomic E-state index is 13.5. The fraction of sp³-hybridized carbons (Fsp3) is 0.179. The largest absolute Gasteiger partial charge is 0.497 e. The Morgan fingerprint density at radius 1 is 0.974 bits per heavy atom. The second-order valence-corrected chi connectivity index (χ2v) is 8.18. The summed E-state index contributed by atoms with van der Waals surface area (Å²) in [6, 6.07) is 20.8. The van der Waals surface area contributed by atoms with Crippen molar-refractivity contribution in [2.24, 2.45) is 0 Å². The summed E-state index contributed by atoms with van der Waals surface area (Å²) in [6.07, 6.45) is 3.01. The van der Waals surface area contributed by atoms with E-state index in [9.17, 15) is 14.4 Å². The van der Waals surface area contributed by atoms with Crippen molar-refractivity contribution in [3.63, 3.8) is 0 Å². The smallest absolute Gasteiger partial charge is 0.310 e. The van der Waals surface area contributed by atoms with Crippen LogP contribution < -0.4 is 15.5 Å². The van der Waals surface area contributed by atoms with Gasteiger partial charge in [0.15, 0.2) is 5.82 Å². The highest BCUT2D eigenvalue weighted by Gasteiger charge is 2.25. The lowest BCUT2D eigenvalue weighted by molar-refractivity contribution is -0.145. The molecule has 194 valence electrons. The second-order valence-electron chi connectivity index (χ2n) is 8.18. The molecule has 1 atom stereocenters. The van der Waals surface area contributed by atoms with Crippen LogP contribution in [-0.2, 0) is 14.4 Å². The van der Waals surface area contributed by atoms with Gasteiger partial charge in [-0.05, 0) is 42.8 Å². The second kappa shape index (κ2) is 12.4. The van der Waals surface area contributed by atoms with Crippen LogP contribution in [0.4, 0.5) is 0 Å². The van der Waals surface area contributed by atoms with E-state index in [1.165, 1.54) is 11.8 Å². The van der Waals surface area contributed by atoms with Gasteiger partial charge >= 0.3 is 5.91 Å². The first-order valence-electron chi connectivity index (χ1n) is 12.0. The van der Waals surface area contributed by atoms with Crippen LogP contribution in [0.5, 0.6) is 5.75 Å². The number of hydroxylamine groups is 1. The van der Waals surface area contributed by atoms with Crippen molar-refractivity contribution in [3.05, 3.63) is 96.3 Å². The first-order valence-corrected chi connectivity index (χ1v) is 12.0. The molecule has 0 radical (unpaired) electrons. The zero-order valence-corrected chi connectivity index (χ0v) is 21.0. The van der Waals surface area contributed by atoms with Gasteiger partial charge in [-0.1, -0.05) is 42.5 Å². The number of hydrogen-bond acceptors (Lipinski definition) is 7. The van der Waals surface area contributed by atoms with Gasteiger partial charge < -0.3 is 10.1 Å². The Bertz CT molecular complexity index is 1400. The van der Waals surface area contributed by atoms with Gasteiger partial charge in [0.25, 0.3) is 5.91 Å². The number of methoxy groups -OCH3 is 1. The Morgan fingerprint density at radius 3 is 2.45 bits per heavy atom. The van der Waals surface area contributed by atoms with Crippen molar-refractivity contribution >= 4 is 17.6 Å². The Balaban J connectivity index is 1.60. The quantitative estimate of drug-likeness (QED) is 0.233. The third-order valence-corrected chi connectivity index (χ3v) is 5.68. The summed E-state index contributed by atoms with van der Waals surface area (Å²) in [4.78, 5) is 47.5. The molecule has 0 bridgehead atoms. The van der Waals surface area contributed by atoms with Crippen LogP contribution in [0.15, 0.2) is 85.2 Å². The van der Waals surface area contributed by atoms with Gasteiger partial charge in [-0.15, -0.1) is 0 Å². The summed E-state index contributed by atoms with van der Waals surface area (Å²) in [5.41, 5.74) is 4.62. The van der Waals surface area contributed by atoms with E-state index in [1.807, 2.05) is 36.4 Å². The molecule has 4 aromatic rings. The molecule has 2 heterocycles. The predicted octanol–water partition coefficient (Wildman–Crippen LogP) is 3.44. The Kier molecular flexibility index (Phi) is 8.57. The molecule has 2 amide bonds. The molecule has 2 N–H and O–H groups in total. The van der Waals surface area contributed by atoms with Crippen LogP contribution >= 0.6 is 0 Å². The molecule has 0 aliphatic rings. The average molecular weight is 514 g/mol. The van der Waals surface area contributed by atoms with E-state index in [-0.39, 0.29) is 18.6 Å². The fourth-order valence-electron chi connectivity index (χ4n) is 3.76. The van der Waals surface area contributed by atoms with E-state index in [0.29, 0.717) is 17.1 Å². The standard InChI is InChI=1S/C28H27N5O5/c1-3-38-32-28(36)25(34)18-24(20-11-13-21(37-2)14-12-20)30-27(35)22-10-7-16-29-26(22)33-17-15-23(31-33)19-8-5-4-6-9-19/h4-17,24H,3,18H2,1-2H3,(H,30,35)(H,32,36). The van der Waals surface area contributed by atoms with Crippen molar-refractivity contribution < 1.29 is 24.0 Å². The summed E-state index contributed by atoms with van der Waals surface area (Å²) in [6.45, 7) is 1.89. The lowest BCUT2D eigenvalue weighted by Gasteiger charge is -2.19. The summed E-state index contributed by atoms with van der Waals surface area (Å²) >= 11 is 0. The van der Waals surface area contributed by atoms with Crippen molar-refractivity contribution in [1.29, 1.82) is 0 Å². The lowest BCUT2D eigenvalue weighted by Crippen LogP contribution is -2.36. The lowest BCUT2D eigenvalue weighted by atomic mass is 10.00. The molecule has 1 unspecified atom stereocenters. The van der Waals surface area contributed by atoms with E-state index in [1.54, 1.807) is 55.7 Å². The topological polar surface area (TPSA) is 124 Å². The van der Waals surface area contributed by atoms with Crippen LogP contribution in [0.1, 0.15) is 35.3 Å². The molecule has 10 nitrogen and oxygen atoms in total. The third kappa shape index (κ3) is 6.29. The molecule has 10 heteroatoms. The molecule has 2 aromatic heterocycles. The highest BCUT2D eigenvalue weighted by atomic mass is 16.6. The highest BCUT2D eigenvalue weighted by Crippen LogP contribution is 2.23. The van der Waals surface area contributed by atoms with Crippen LogP contribution in [0.25, 0.3) is 17.1 Å². The van der Waals surface area contributed by atoms with E-state index < -0.39 is 23.6 Å². The van der Waals surface area contributed by atoms with Crippen molar-refractivity contribution in [1.82, 2.24) is 25.6 Å². The number of nitrogens with one attached hydrogen (secondary N) is 2. The number of benzene rings is 2. The molecular formula is C28H27N5O5. The van der Waals surface area contributed by atoms with Crippen molar-refractivity contribution in [3.8, 4) is 22.8 Å². The number of ether oxygens (including phenoxy) is 1. The molecule has 38 heavy (non-hydrogen) atoms. The molecule has 0 fully saturated rings. The SMILES string of the molecule is CCONC(=O)C(=O)CC(NC(=O)c1cccnc1-n1ccc(-c2ccccc2)n1)c1ccc(OC)cc1. The molecule has 0 spiro atoms. The van der Waals surface area contributed by atoms with Crippen LogP contribution in [0, 0.1) is 0 Å². The molecule has 4 rings (SSSR count). The van der Waals surface area contributed by atoms with Crippen molar-refractivity contribution in [2.45, 2.75) is 19.4 Å². The number of pyridine rings is 1. The van der Waals surface area contributed by atoms with Gasteiger partial charge in [-0.2, -0.15) is 5.10 Å². The summed E-state index contributed by atoms with van der Waals surface area (Å²) < 4.78 is 6.74. The maximum Gasteiger partial charge on any atom is 0.310 e. The van der Waals surface area contributed by atoms with Crippen LogP contribution in [-0.4, -0.2) is 46.1 Å². The summed E-state index contributed by atoms with van der Waals surface area (Å²) in [7, 11) is 1.54. The Hall–Kier alpha value is -4.83. The van der Waals surface area contributed by atoms with Crippen LogP contribution in [0.2, 0.25) is 0 Å². The minimum Gasteiger partial charge on any atom is -0.497 e. The summed E-state index contributed by atoms with van der Waals surface area (Å²) in [5, 5.41) is 7.46. The Morgan fingerprint density at radius 2 is 1.74 bits per heavy atom. The minimum atomic E-state index is -0.897. The van der Waals surface area contributed by atoms with E-state index in [4.69, 9.17) is 9.57 Å². The number of carbonyl (C=O) groups is 3. The van der Waals surface area contributed by atoms with E-state index >= 15 is 0 Å². The van der Waals surface area contributed by atoms with Crippen molar-refractivity contribution in [2.75, 3.05) is 13.7 Å². The van der Waals surface area contributed by atoms with Gasteiger partial charge in [0.2, 0.25) is 5.78 Å². The van der Waals surface area contributed by atoms with Gasteiger partial charge in [-0.3, -0.25) is 19.2 Å². The molecule has 0 saturated heterocycles. The normalized spacial score (nSPS) is 11.4. The van der Waals surface area contributed by atoms with E-state index in [2.05, 4.69) is 20.9 Å². The molecule has 0 saturated carbocycles. The van der Waals surface area contributed by atoms with Gasteiger partial charge in [0.05, 0.1) is 31.0 Å². The fourth-order valence-corrected chi connectivity index (χ4v) is 3.76. The maximum absolute atomic E-state index is 13.5. The summed E-state index contributed by atoms with van der Waals surface area (Å²) in [5.74, 6) is -1.19. The van der Waals surface area contributed by atoms with Crippen LogP contribution in [0.3, 0.4) is 0 Å². The van der Waals surface area contributed by atoms with Gasteiger partial charge in [0.1, 0.15) is 5.75 Å². The number of ketones is 1. The molecule has 0 aliphatic heterocycles. The number of rotatable bonds is 11. The number of Topliss-reactive ketones (excluding diaryl/α,β-unsaturated/α-hetero) is 1. The first kappa shape index (κ1) is 26.2.